The summed E-state index contributed by atoms with van der Waals surface area (Å²) in [6.45, 7) is 7.20. The Balaban J connectivity index is 2.00. The zero-order chi connectivity index (χ0) is 24.0. The van der Waals surface area contributed by atoms with Gasteiger partial charge in [0.15, 0.2) is 11.5 Å². The lowest BCUT2D eigenvalue weighted by Gasteiger charge is -2.42. The van der Waals surface area contributed by atoms with Crippen LogP contribution in [0.2, 0.25) is 0 Å². The number of nitrogens with zero attached hydrogens (tertiary/aromatic N) is 1. The molecule has 7 nitrogen and oxygen atoms in total. The summed E-state index contributed by atoms with van der Waals surface area (Å²) in [4.78, 5) is 28.0. The summed E-state index contributed by atoms with van der Waals surface area (Å²) in [6.07, 6.45) is 2.22. The third kappa shape index (κ3) is 5.41. The van der Waals surface area contributed by atoms with Gasteiger partial charge in [0, 0.05) is 18.7 Å². The Hall–Kier alpha value is -3.22. The summed E-state index contributed by atoms with van der Waals surface area (Å²) in [5, 5.41) is 6.19. The van der Waals surface area contributed by atoms with Gasteiger partial charge in [-0.25, -0.2) is 4.79 Å². The number of methoxy groups -OCH3 is 2. The number of rotatable bonds is 8. The zero-order valence-electron chi connectivity index (χ0n) is 20.2. The van der Waals surface area contributed by atoms with Crippen LogP contribution in [0.1, 0.15) is 59.8 Å². The number of fused-ring (bicyclic) bond motifs is 1. The molecule has 2 N–H and O–H groups in total. The van der Waals surface area contributed by atoms with Crippen molar-refractivity contribution in [2.75, 3.05) is 27.3 Å². The molecule has 7 heteroatoms. The second-order valence-electron chi connectivity index (χ2n) is 8.38. The van der Waals surface area contributed by atoms with Crippen molar-refractivity contribution in [2.24, 2.45) is 0 Å². The van der Waals surface area contributed by atoms with E-state index in [9.17, 15) is 9.59 Å². The van der Waals surface area contributed by atoms with Crippen molar-refractivity contribution in [3.63, 3.8) is 0 Å². The molecule has 178 valence electrons. The molecule has 0 saturated heterocycles. The van der Waals surface area contributed by atoms with E-state index < -0.39 is 0 Å². The maximum atomic E-state index is 13.1. The Kier molecular flexibility index (Phi) is 8.20. The summed E-state index contributed by atoms with van der Waals surface area (Å²) < 4.78 is 11.1. The Bertz CT molecular complexity index is 974. The molecule has 3 rings (SSSR count). The van der Waals surface area contributed by atoms with Crippen LogP contribution in [0.4, 0.5) is 4.79 Å². The van der Waals surface area contributed by atoms with Gasteiger partial charge in [0.05, 0.1) is 26.3 Å². The summed E-state index contributed by atoms with van der Waals surface area (Å²) >= 11 is 0. The van der Waals surface area contributed by atoms with Gasteiger partial charge in [-0.15, -0.1) is 0 Å². The number of benzene rings is 2. The van der Waals surface area contributed by atoms with Gasteiger partial charge in [0.1, 0.15) is 0 Å². The molecule has 2 aromatic rings. The molecule has 1 aliphatic rings. The fourth-order valence-electron chi connectivity index (χ4n) is 4.33. The quantitative estimate of drug-likeness (QED) is 0.627. The standard InChI is InChI=1S/C26H35N3O4/c1-6-13-27-26(31)29-14-12-19-15-22(32-4)23(33-5)16-20(19)24(29)21(7-2)28-25(30)18-10-8-17(3)9-11-18/h8-11,15-16,21,24H,6-7,12-14H2,1-5H3,(H,27,31)(H,28,30). The van der Waals surface area contributed by atoms with Crippen molar-refractivity contribution in [3.05, 3.63) is 58.7 Å². The normalized spacial score (nSPS) is 15.9. The van der Waals surface area contributed by atoms with Gasteiger partial charge in [-0.3, -0.25) is 4.79 Å². The van der Waals surface area contributed by atoms with E-state index in [-0.39, 0.29) is 24.0 Å². The fraction of sp³-hybridized carbons (Fsp3) is 0.462. The van der Waals surface area contributed by atoms with Gasteiger partial charge in [-0.2, -0.15) is 0 Å². The molecule has 0 bridgehead atoms. The lowest BCUT2D eigenvalue weighted by molar-refractivity contribution is 0.0888. The van der Waals surface area contributed by atoms with Crippen molar-refractivity contribution in [1.82, 2.24) is 15.5 Å². The van der Waals surface area contributed by atoms with Crippen LogP contribution in [0.5, 0.6) is 11.5 Å². The first-order chi connectivity index (χ1) is 15.9. The molecule has 0 aliphatic carbocycles. The molecule has 1 heterocycles. The number of hydrogen-bond donors (Lipinski definition) is 2. The van der Waals surface area contributed by atoms with Gasteiger partial charge in [-0.05, 0) is 61.6 Å². The van der Waals surface area contributed by atoms with E-state index >= 15 is 0 Å². The SMILES string of the molecule is CCCNC(=O)N1CCc2cc(OC)c(OC)cc2C1C(CC)NC(=O)c1ccc(C)cc1. The molecule has 1 aliphatic heterocycles. The molecule has 3 amide bonds. The van der Waals surface area contributed by atoms with E-state index in [0.29, 0.717) is 43.0 Å². The molecule has 0 saturated carbocycles. The van der Waals surface area contributed by atoms with Crippen molar-refractivity contribution < 1.29 is 19.1 Å². The number of hydrogen-bond acceptors (Lipinski definition) is 4. The van der Waals surface area contributed by atoms with Crippen LogP contribution in [-0.4, -0.2) is 50.2 Å². The van der Waals surface area contributed by atoms with Crippen molar-refractivity contribution in [3.8, 4) is 11.5 Å². The van der Waals surface area contributed by atoms with E-state index in [0.717, 1.165) is 23.1 Å². The first-order valence-electron chi connectivity index (χ1n) is 11.6. The zero-order valence-corrected chi connectivity index (χ0v) is 20.2. The molecule has 33 heavy (non-hydrogen) atoms. The van der Waals surface area contributed by atoms with Crippen LogP contribution < -0.4 is 20.1 Å². The van der Waals surface area contributed by atoms with Gasteiger partial charge in [0.25, 0.3) is 5.91 Å². The smallest absolute Gasteiger partial charge is 0.317 e. The Morgan fingerprint density at radius 2 is 1.76 bits per heavy atom. The maximum absolute atomic E-state index is 13.1. The Labute approximate surface area is 196 Å². The first-order valence-corrected chi connectivity index (χ1v) is 11.6. The first kappa shape index (κ1) is 24.4. The largest absolute Gasteiger partial charge is 0.493 e. The summed E-state index contributed by atoms with van der Waals surface area (Å²) in [5.41, 5.74) is 3.77. The number of nitrogens with one attached hydrogen (secondary N) is 2. The third-order valence-electron chi connectivity index (χ3n) is 6.16. The second-order valence-corrected chi connectivity index (χ2v) is 8.38. The molecular weight excluding hydrogens is 418 g/mol. The van der Waals surface area contributed by atoms with E-state index in [4.69, 9.17) is 9.47 Å². The number of aryl methyl sites for hydroxylation is 1. The van der Waals surface area contributed by atoms with Gasteiger partial charge < -0.3 is 25.0 Å². The predicted octanol–water partition coefficient (Wildman–Crippen LogP) is 4.24. The molecule has 2 aromatic carbocycles. The Morgan fingerprint density at radius 3 is 2.36 bits per heavy atom. The maximum Gasteiger partial charge on any atom is 0.317 e. The number of amides is 3. The van der Waals surface area contributed by atoms with Crippen LogP contribution in [0.25, 0.3) is 0 Å². The van der Waals surface area contributed by atoms with E-state index in [2.05, 4.69) is 10.6 Å². The van der Waals surface area contributed by atoms with Gasteiger partial charge in [0.2, 0.25) is 0 Å². The van der Waals surface area contributed by atoms with Crippen molar-refractivity contribution in [2.45, 2.75) is 52.1 Å². The van der Waals surface area contributed by atoms with Crippen LogP contribution in [-0.2, 0) is 6.42 Å². The molecule has 0 aromatic heterocycles. The minimum Gasteiger partial charge on any atom is -0.493 e. The fourth-order valence-corrected chi connectivity index (χ4v) is 4.33. The minimum atomic E-state index is -0.329. The summed E-state index contributed by atoms with van der Waals surface area (Å²) in [5.74, 6) is 1.12. The average Bonchev–Trinajstić information content (AvgIpc) is 2.84. The highest BCUT2D eigenvalue weighted by Crippen LogP contribution is 2.40. The van der Waals surface area contributed by atoms with Gasteiger partial charge in [-0.1, -0.05) is 31.5 Å². The van der Waals surface area contributed by atoms with E-state index in [1.807, 2.05) is 62.1 Å². The molecule has 2 atom stereocenters. The van der Waals surface area contributed by atoms with Crippen molar-refractivity contribution in [1.29, 1.82) is 0 Å². The lowest BCUT2D eigenvalue weighted by atomic mass is 9.86. The number of carbonyl (C=O) groups is 2. The van der Waals surface area contributed by atoms with Crippen LogP contribution >= 0.6 is 0 Å². The topological polar surface area (TPSA) is 79.9 Å². The molecule has 0 spiro atoms. The monoisotopic (exact) mass is 453 g/mol. The summed E-state index contributed by atoms with van der Waals surface area (Å²) in [6, 6.07) is 10.7. The van der Waals surface area contributed by atoms with Crippen LogP contribution in [0.15, 0.2) is 36.4 Å². The molecule has 0 radical (unpaired) electrons. The molecule has 2 unspecified atom stereocenters. The average molecular weight is 454 g/mol. The van der Waals surface area contributed by atoms with Crippen LogP contribution in [0, 0.1) is 6.92 Å². The minimum absolute atomic E-state index is 0.120. The third-order valence-corrected chi connectivity index (χ3v) is 6.16. The second kappa shape index (κ2) is 11.1. The van der Waals surface area contributed by atoms with Crippen molar-refractivity contribution >= 4 is 11.9 Å². The predicted molar refractivity (Wildman–Crippen MR) is 129 cm³/mol. The van der Waals surface area contributed by atoms with Gasteiger partial charge >= 0.3 is 6.03 Å². The number of carbonyl (C=O) groups excluding carboxylic acids is 2. The number of ether oxygens (including phenoxy) is 2. The highest BCUT2D eigenvalue weighted by molar-refractivity contribution is 5.94. The Morgan fingerprint density at radius 1 is 1.09 bits per heavy atom. The van der Waals surface area contributed by atoms with E-state index in [1.54, 1.807) is 14.2 Å². The highest BCUT2D eigenvalue weighted by atomic mass is 16.5. The molecular formula is C26H35N3O4. The molecule has 0 fully saturated rings. The number of urea groups is 1. The summed E-state index contributed by atoms with van der Waals surface area (Å²) in [7, 11) is 3.22. The van der Waals surface area contributed by atoms with Crippen LogP contribution in [0.3, 0.4) is 0 Å². The highest BCUT2D eigenvalue weighted by Gasteiger charge is 2.37. The van der Waals surface area contributed by atoms with E-state index in [1.165, 1.54) is 0 Å². The lowest BCUT2D eigenvalue weighted by Crippen LogP contribution is -2.53.